The molecule has 0 radical (unpaired) electrons. The average Bonchev–Trinajstić information content (AvgIpc) is 2.09. The zero-order valence-electron chi connectivity index (χ0n) is 9.84. The Morgan fingerprint density at radius 1 is 1.53 bits per heavy atom. The van der Waals surface area contributed by atoms with Gasteiger partial charge in [0, 0.05) is 18.2 Å². The van der Waals surface area contributed by atoms with Gasteiger partial charge in [-0.15, -0.1) is 6.58 Å². The first-order valence-electron chi connectivity index (χ1n) is 5.04. The van der Waals surface area contributed by atoms with Crippen molar-refractivity contribution >= 4 is 5.97 Å². The van der Waals surface area contributed by atoms with Crippen LogP contribution in [-0.4, -0.2) is 23.7 Å². The summed E-state index contributed by atoms with van der Waals surface area (Å²) < 4.78 is 0. The van der Waals surface area contributed by atoms with Crippen molar-refractivity contribution < 1.29 is 9.90 Å². The van der Waals surface area contributed by atoms with Gasteiger partial charge in [-0.25, -0.2) is 4.79 Å². The smallest absolute Gasteiger partial charge is 0.332 e. The molecule has 0 heterocycles. The highest BCUT2D eigenvalue weighted by Gasteiger charge is 2.23. The summed E-state index contributed by atoms with van der Waals surface area (Å²) >= 11 is 0. The molecule has 0 aliphatic carbocycles. The summed E-state index contributed by atoms with van der Waals surface area (Å²) in [6.07, 6.45) is 2.46. The molecule has 0 fully saturated rings. The van der Waals surface area contributed by atoms with E-state index in [9.17, 15) is 4.79 Å². The van der Waals surface area contributed by atoms with Crippen LogP contribution in [-0.2, 0) is 4.79 Å². The van der Waals surface area contributed by atoms with E-state index in [0.29, 0.717) is 6.54 Å². The van der Waals surface area contributed by atoms with E-state index in [-0.39, 0.29) is 17.0 Å². The molecule has 86 valence electrons. The molecular weight excluding hydrogens is 190 g/mol. The summed E-state index contributed by atoms with van der Waals surface area (Å²) in [5.41, 5.74) is 0.281. The molecule has 1 unspecified atom stereocenters. The van der Waals surface area contributed by atoms with Crippen LogP contribution < -0.4 is 5.32 Å². The quantitative estimate of drug-likeness (QED) is 0.523. The molecule has 0 rings (SSSR count). The topological polar surface area (TPSA) is 49.3 Å². The maximum Gasteiger partial charge on any atom is 0.332 e. The van der Waals surface area contributed by atoms with Crippen molar-refractivity contribution in [2.45, 2.75) is 33.2 Å². The molecular formula is C12H21NO2. The van der Waals surface area contributed by atoms with Crippen molar-refractivity contribution in [1.82, 2.24) is 5.32 Å². The predicted molar refractivity (Wildman–Crippen MR) is 62.8 cm³/mol. The largest absolute Gasteiger partial charge is 0.478 e. The summed E-state index contributed by atoms with van der Waals surface area (Å²) in [6, 6.07) is -0.194. The van der Waals surface area contributed by atoms with Gasteiger partial charge in [0.15, 0.2) is 0 Å². The maximum atomic E-state index is 10.8. The van der Waals surface area contributed by atoms with Crippen LogP contribution in [0.5, 0.6) is 0 Å². The van der Waals surface area contributed by atoms with Crippen molar-refractivity contribution in [3.05, 3.63) is 24.8 Å². The fourth-order valence-corrected chi connectivity index (χ4v) is 1.31. The van der Waals surface area contributed by atoms with Gasteiger partial charge in [0.2, 0.25) is 0 Å². The Morgan fingerprint density at radius 2 is 2.07 bits per heavy atom. The van der Waals surface area contributed by atoms with Crippen LogP contribution in [0.1, 0.15) is 27.2 Å². The van der Waals surface area contributed by atoms with Crippen molar-refractivity contribution in [3.8, 4) is 0 Å². The SMILES string of the molecule is C=CCNC(CC(C)(C)C)C(=C)C(=O)O. The van der Waals surface area contributed by atoms with E-state index in [1.165, 1.54) is 0 Å². The third kappa shape index (κ3) is 6.07. The van der Waals surface area contributed by atoms with Crippen LogP contribution >= 0.6 is 0 Å². The van der Waals surface area contributed by atoms with E-state index in [1.54, 1.807) is 6.08 Å². The molecule has 15 heavy (non-hydrogen) atoms. The molecule has 3 heteroatoms. The number of carboxylic acids is 1. The van der Waals surface area contributed by atoms with Gasteiger partial charge in [-0.1, -0.05) is 33.4 Å². The molecule has 0 aromatic heterocycles. The van der Waals surface area contributed by atoms with Gasteiger partial charge in [0.25, 0.3) is 0 Å². The number of nitrogens with one attached hydrogen (secondary N) is 1. The summed E-state index contributed by atoms with van der Waals surface area (Å²) in [4.78, 5) is 10.8. The number of carboxylic acid groups (broad SMARTS) is 1. The fourth-order valence-electron chi connectivity index (χ4n) is 1.31. The van der Waals surface area contributed by atoms with Gasteiger partial charge in [-0.2, -0.15) is 0 Å². The lowest BCUT2D eigenvalue weighted by Crippen LogP contribution is -2.36. The minimum absolute atomic E-state index is 0.0667. The highest BCUT2D eigenvalue weighted by molar-refractivity contribution is 5.87. The van der Waals surface area contributed by atoms with Crippen LogP contribution in [0.3, 0.4) is 0 Å². The van der Waals surface area contributed by atoms with E-state index >= 15 is 0 Å². The van der Waals surface area contributed by atoms with Gasteiger partial charge >= 0.3 is 5.97 Å². The molecule has 0 aliphatic heterocycles. The first-order chi connectivity index (χ1) is 6.78. The Balaban J connectivity index is 4.50. The van der Waals surface area contributed by atoms with E-state index in [2.05, 4.69) is 39.2 Å². The van der Waals surface area contributed by atoms with Crippen LogP contribution in [0.15, 0.2) is 24.8 Å². The van der Waals surface area contributed by atoms with Gasteiger partial charge in [-0.3, -0.25) is 0 Å². The molecule has 0 saturated carbocycles. The summed E-state index contributed by atoms with van der Waals surface area (Å²) in [5, 5.41) is 12.0. The number of rotatable bonds is 6. The van der Waals surface area contributed by atoms with Crippen molar-refractivity contribution in [2.24, 2.45) is 5.41 Å². The second kappa shape index (κ2) is 5.71. The van der Waals surface area contributed by atoms with Crippen LogP contribution in [0.4, 0.5) is 0 Å². The highest BCUT2D eigenvalue weighted by atomic mass is 16.4. The highest BCUT2D eigenvalue weighted by Crippen LogP contribution is 2.23. The monoisotopic (exact) mass is 211 g/mol. The van der Waals surface area contributed by atoms with E-state index in [0.717, 1.165) is 6.42 Å². The predicted octanol–water partition coefficient (Wildman–Crippen LogP) is 2.21. The lowest BCUT2D eigenvalue weighted by molar-refractivity contribution is -0.133. The molecule has 0 spiro atoms. The minimum Gasteiger partial charge on any atom is -0.478 e. The lowest BCUT2D eigenvalue weighted by Gasteiger charge is -2.26. The third-order valence-corrected chi connectivity index (χ3v) is 2.02. The Kier molecular flexibility index (Phi) is 5.29. The number of hydrogen-bond acceptors (Lipinski definition) is 2. The van der Waals surface area contributed by atoms with Gasteiger partial charge < -0.3 is 10.4 Å². The maximum absolute atomic E-state index is 10.8. The summed E-state index contributed by atoms with van der Waals surface area (Å²) in [7, 11) is 0. The van der Waals surface area contributed by atoms with Crippen molar-refractivity contribution in [3.63, 3.8) is 0 Å². The first kappa shape index (κ1) is 13.9. The molecule has 0 amide bonds. The third-order valence-electron chi connectivity index (χ3n) is 2.02. The minimum atomic E-state index is -0.944. The Bertz CT molecular complexity index is 251. The van der Waals surface area contributed by atoms with Crippen molar-refractivity contribution in [1.29, 1.82) is 0 Å². The Labute approximate surface area is 91.9 Å². The van der Waals surface area contributed by atoms with Crippen LogP contribution in [0.2, 0.25) is 0 Å². The second-order valence-electron chi connectivity index (χ2n) is 4.84. The second-order valence-corrected chi connectivity index (χ2v) is 4.84. The standard InChI is InChI=1S/C12H21NO2/c1-6-7-13-10(8-12(3,4)5)9(2)11(14)15/h6,10,13H,1-2,7-8H2,3-5H3,(H,14,15). The number of aliphatic carboxylic acids is 1. The van der Waals surface area contributed by atoms with Crippen molar-refractivity contribution in [2.75, 3.05) is 6.54 Å². The summed E-state index contributed by atoms with van der Waals surface area (Å²) in [6.45, 7) is 14.0. The van der Waals surface area contributed by atoms with E-state index in [1.807, 2.05) is 0 Å². The Hall–Kier alpha value is -1.09. The van der Waals surface area contributed by atoms with Gasteiger partial charge in [0.05, 0.1) is 0 Å². The zero-order chi connectivity index (χ0) is 12.1. The molecule has 2 N–H and O–H groups in total. The van der Waals surface area contributed by atoms with Gasteiger partial charge in [-0.05, 0) is 11.8 Å². The van der Waals surface area contributed by atoms with Crippen LogP contribution in [0.25, 0.3) is 0 Å². The summed E-state index contributed by atoms with van der Waals surface area (Å²) in [5.74, 6) is -0.944. The zero-order valence-corrected chi connectivity index (χ0v) is 9.84. The molecule has 0 saturated heterocycles. The number of hydrogen-bond donors (Lipinski definition) is 2. The molecule has 0 aliphatic rings. The van der Waals surface area contributed by atoms with E-state index < -0.39 is 5.97 Å². The lowest BCUT2D eigenvalue weighted by atomic mass is 9.85. The van der Waals surface area contributed by atoms with E-state index in [4.69, 9.17) is 5.11 Å². The number of carbonyl (C=O) groups is 1. The molecule has 1 atom stereocenters. The molecule has 0 aromatic carbocycles. The average molecular weight is 211 g/mol. The normalized spacial score (nSPS) is 13.3. The molecule has 3 nitrogen and oxygen atoms in total. The van der Waals surface area contributed by atoms with Crippen LogP contribution in [0, 0.1) is 5.41 Å². The molecule has 0 bridgehead atoms. The first-order valence-corrected chi connectivity index (χ1v) is 5.04. The molecule has 0 aromatic rings. The van der Waals surface area contributed by atoms with Gasteiger partial charge in [0.1, 0.15) is 0 Å². The Morgan fingerprint density at radius 3 is 2.40 bits per heavy atom. The fraction of sp³-hybridized carbons (Fsp3) is 0.583.